The number of aliphatic hydroxyl groups is 3. The van der Waals surface area contributed by atoms with E-state index in [2.05, 4.69) is 8.83 Å². The number of hydrogen-bond acceptors (Lipinski definition) is 8. The first-order valence-electron chi connectivity index (χ1n) is 4.71. The number of hydrogen-bond donors (Lipinski definition) is 6. The van der Waals surface area contributed by atoms with Gasteiger partial charge < -0.3 is 34.8 Å². The number of aldehydes is 1. The van der Waals surface area contributed by atoms with Crippen molar-refractivity contribution in [1.82, 2.24) is 0 Å². The number of carbonyl (C=O) groups is 1. The lowest BCUT2D eigenvalue weighted by Crippen LogP contribution is -2.41. The molecule has 0 aliphatic carbocycles. The fourth-order valence-electron chi connectivity index (χ4n) is 1.01. The predicted octanol–water partition coefficient (Wildman–Crippen LogP) is -2.12. The zero-order chi connectivity index (χ0) is 15.3. The summed E-state index contributed by atoms with van der Waals surface area (Å²) in [5, 5.41) is 27.4. The van der Waals surface area contributed by atoms with Crippen LogP contribution in [-0.4, -0.2) is 61.2 Å². The largest absolute Gasteiger partial charge is 0.481 e. The Morgan fingerprint density at radius 2 is 1.68 bits per heavy atom. The minimum Gasteiger partial charge on any atom is -0.394 e. The first-order chi connectivity index (χ1) is 8.52. The second-order valence-corrected chi connectivity index (χ2v) is 6.11. The van der Waals surface area contributed by atoms with E-state index in [9.17, 15) is 24.1 Å². The van der Waals surface area contributed by atoms with Crippen molar-refractivity contribution in [2.24, 2.45) is 0 Å². The molecule has 0 saturated carbocycles. The maximum absolute atomic E-state index is 11.1. The van der Waals surface area contributed by atoms with Gasteiger partial charge in [-0.3, -0.25) is 4.52 Å². The van der Waals surface area contributed by atoms with Crippen molar-refractivity contribution < 1.29 is 52.8 Å². The molecule has 0 amide bonds. The van der Waals surface area contributed by atoms with E-state index in [1.54, 1.807) is 0 Å². The fourth-order valence-corrected chi connectivity index (χ4v) is 2.78. The molecule has 1 unspecified atom stereocenters. The fraction of sp³-hybridized carbons (Fsp3) is 0.833. The van der Waals surface area contributed by atoms with Crippen LogP contribution < -0.4 is 0 Å². The smallest absolute Gasteiger partial charge is 0.394 e. The zero-order valence-corrected chi connectivity index (χ0v) is 11.1. The van der Waals surface area contributed by atoms with E-state index in [0.717, 1.165) is 0 Å². The number of carbonyl (C=O) groups excluding carboxylic acids is 1. The lowest BCUT2D eigenvalue weighted by atomic mass is 10.1. The van der Waals surface area contributed by atoms with Crippen LogP contribution in [0.1, 0.15) is 6.42 Å². The average molecular weight is 324 g/mol. The maximum atomic E-state index is 11.1. The molecule has 0 aliphatic rings. The third-order valence-corrected chi connectivity index (χ3v) is 3.98. The molecule has 4 atom stereocenters. The highest BCUT2D eigenvalue weighted by Crippen LogP contribution is 2.58. The monoisotopic (exact) mass is 324 g/mol. The van der Waals surface area contributed by atoms with Gasteiger partial charge in [-0.15, -0.1) is 0 Å². The number of phosphoric acid groups is 2. The van der Waals surface area contributed by atoms with Crippen LogP contribution in [0.3, 0.4) is 0 Å². The third-order valence-electron chi connectivity index (χ3n) is 1.77. The van der Waals surface area contributed by atoms with Crippen LogP contribution in [0.5, 0.6) is 0 Å². The van der Waals surface area contributed by atoms with E-state index >= 15 is 0 Å². The predicted molar refractivity (Wildman–Crippen MR) is 57.6 cm³/mol. The van der Waals surface area contributed by atoms with Gasteiger partial charge in [0.2, 0.25) is 0 Å². The quantitative estimate of drug-likeness (QED) is 0.201. The Bertz CT molecular complexity index is 377. The summed E-state index contributed by atoms with van der Waals surface area (Å²) in [4.78, 5) is 35.7. The SMILES string of the molecule is O=CC[C@@H](O)[C@@H](O)[C@@H](CO)OP(=O)(O)OP(=O)(O)O. The van der Waals surface area contributed by atoms with Crippen LogP contribution in [0, 0.1) is 0 Å². The molecule has 0 saturated heterocycles. The normalized spacial score (nSPS) is 20.3. The summed E-state index contributed by atoms with van der Waals surface area (Å²) >= 11 is 0. The number of aliphatic hydroxyl groups excluding tert-OH is 3. The molecule has 0 aromatic rings. The van der Waals surface area contributed by atoms with Gasteiger partial charge in [0, 0.05) is 6.42 Å². The minimum absolute atomic E-state index is 0.243. The number of phosphoric ester groups is 1. The maximum Gasteiger partial charge on any atom is 0.481 e. The minimum atomic E-state index is -5.34. The molecule has 0 aliphatic heterocycles. The third kappa shape index (κ3) is 7.85. The first-order valence-corrected chi connectivity index (χ1v) is 7.73. The van der Waals surface area contributed by atoms with E-state index in [1.807, 2.05) is 0 Å². The van der Waals surface area contributed by atoms with E-state index in [1.165, 1.54) is 0 Å². The summed E-state index contributed by atoms with van der Waals surface area (Å²) in [5.41, 5.74) is 0. The van der Waals surface area contributed by atoms with Gasteiger partial charge in [-0.05, 0) is 0 Å². The molecule has 0 fully saturated rings. The molecule has 0 radical (unpaired) electrons. The first kappa shape index (κ1) is 18.8. The lowest BCUT2D eigenvalue weighted by Gasteiger charge is -2.25. The topological polar surface area (TPSA) is 191 Å². The molecular formula is C6H14O11P2. The molecule has 6 N–H and O–H groups in total. The molecule has 11 nitrogen and oxygen atoms in total. The summed E-state index contributed by atoms with van der Waals surface area (Å²) in [5.74, 6) is 0. The molecular weight excluding hydrogens is 310 g/mol. The summed E-state index contributed by atoms with van der Waals surface area (Å²) in [7, 11) is -10.6. The van der Waals surface area contributed by atoms with Crippen LogP contribution in [0.25, 0.3) is 0 Å². The van der Waals surface area contributed by atoms with Crippen LogP contribution in [0.15, 0.2) is 0 Å². The van der Waals surface area contributed by atoms with Gasteiger partial charge in [0.15, 0.2) is 0 Å². The van der Waals surface area contributed by atoms with Gasteiger partial charge in [0.05, 0.1) is 12.7 Å². The highest BCUT2D eigenvalue weighted by atomic mass is 31.3. The van der Waals surface area contributed by atoms with Crippen molar-refractivity contribution in [3.63, 3.8) is 0 Å². The van der Waals surface area contributed by atoms with Gasteiger partial charge >= 0.3 is 15.6 Å². The van der Waals surface area contributed by atoms with Crippen molar-refractivity contribution in [1.29, 1.82) is 0 Å². The van der Waals surface area contributed by atoms with Gasteiger partial charge in [-0.25, -0.2) is 9.13 Å². The van der Waals surface area contributed by atoms with Crippen molar-refractivity contribution in [3.8, 4) is 0 Å². The molecule has 0 rings (SSSR count). The van der Waals surface area contributed by atoms with Gasteiger partial charge in [-0.2, -0.15) is 4.31 Å². The van der Waals surface area contributed by atoms with Crippen LogP contribution in [-0.2, 0) is 22.8 Å². The Morgan fingerprint density at radius 1 is 1.16 bits per heavy atom. The molecule has 114 valence electrons. The van der Waals surface area contributed by atoms with Gasteiger partial charge in [-0.1, -0.05) is 0 Å². The summed E-state index contributed by atoms with van der Waals surface area (Å²) in [6.07, 6.45) is -5.85. The summed E-state index contributed by atoms with van der Waals surface area (Å²) in [6, 6.07) is 0. The van der Waals surface area contributed by atoms with E-state index in [0.29, 0.717) is 0 Å². The Balaban J connectivity index is 4.76. The average Bonchev–Trinajstić information content (AvgIpc) is 2.22. The highest BCUT2D eigenvalue weighted by molar-refractivity contribution is 7.60. The van der Waals surface area contributed by atoms with Crippen LogP contribution in [0.4, 0.5) is 0 Å². The summed E-state index contributed by atoms with van der Waals surface area (Å²) in [6.45, 7) is -1.08. The van der Waals surface area contributed by atoms with Gasteiger partial charge in [0.25, 0.3) is 0 Å². The Labute approximate surface area is 107 Å². The van der Waals surface area contributed by atoms with E-state index in [-0.39, 0.29) is 6.29 Å². The molecule has 13 heteroatoms. The highest BCUT2D eigenvalue weighted by Gasteiger charge is 2.38. The number of rotatable bonds is 9. The molecule has 19 heavy (non-hydrogen) atoms. The lowest BCUT2D eigenvalue weighted by molar-refractivity contribution is -0.114. The van der Waals surface area contributed by atoms with Crippen LogP contribution >= 0.6 is 15.6 Å². The second-order valence-electron chi connectivity index (χ2n) is 3.33. The Morgan fingerprint density at radius 3 is 2.05 bits per heavy atom. The zero-order valence-electron chi connectivity index (χ0n) is 9.34. The van der Waals surface area contributed by atoms with Crippen LogP contribution in [0.2, 0.25) is 0 Å². The molecule has 0 spiro atoms. The van der Waals surface area contributed by atoms with Crippen molar-refractivity contribution in [2.45, 2.75) is 24.7 Å². The van der Waals surface area contributed by atoms with Crippen molar-refractivity contribution >= 4 is 21.9 Å². The van der Waals surface area contributed by atoms with Crippen molar-refractivity contribution in [2.75, 3.05) is 6.61 Å². The van der Waals surface area contributed by atoms with Gasteiger partial charge in [0.1, 0.15) is 18.5 Å². The van der Waals surface area contributed by atoms with E-state index < -0.39 is 47.0 Å². The van der Waals surface area contributed by atoms with Crippen molar-refractivity contribution in [3.05, 3.63) is 0 Å². The molecule has 0 aromatic heterocycles. The Hall–Kier alpha value is -0.190. The molecule has 0 aromatic carbocycles. The second kappa shape index (κ2) is 7.55. The summed E-state index contributed by atoms with van der Waals surface area (Å²) < 4.78 is 29.0. The molecule has 0 heterocycles. The standard InChI is InChI=1S/C6H14O11P2/c7-2-1-4(9)6(10)5(3-8)16-19(14,15)17-18(11,12)13/h2,4-6,8-10H,1,3H2,(H,14,15)(H2,11,12,13)/t4-,5-,6-/m1/s1. The van der Waals surface area contributed by atoms with E-state index in [4.69, 9.17) is 19.8 Å². The Kier molecular flexibility index (Phi) is 7.48. The molecule has 0 bridgehead atoms.